The summed E-state index contributed by atoms with van der Waals surface area (Å²) in [6.45, 7) is 4.16. The fourth-order valence-corrected chi connectivity index (χ4v) is 3.32. The van der Waals surface area contributed by atoms with Crippen molar-refractivity contribution in [2.24, 2.45) is 5.73 Å². The molecule has 0 atom stereocenters. The SMILES string of the molecule is Cc1cccc(-c2nc(-c3ccc(O)c(C(N)=O)c3)cs2)c1C. The summed E-state index contributed by atoms with van der Waals surface area (Å²) in [7, 11) is 0. The fraction of sp³-hybridized carbons (Fsp3) is 0.111. The van der Waals surface area contributed by atoms with E-state index in [1.807, 2.05) is 11.4 Å². The highest BCUT2D eigenvalue weighted by Gasteiger charge is 2.13. The minimum Gasteiger partial charge on any atom is -0.507 e. The van der Waals surface area contributed by atoms with Crippen LogP contribution in [-0.2, 0) is 0 Å². The smallest absolute Gasteiger partial charge is 0.252 e. The van der Waals surface area contributed by atoms with Gasteiger partial charge >= 0.3 is 0 Å². The molecule has 3 N–H and O–H groups in total. The Bertz CT molecular complexity index is 900. The lowest BCUT2D eigenvalue weighted by atomic mass is 10.0. The summed E-state index contributed by atoms with van der Waals surface area (Å²) in [5.74, 6) is -0.777. The van der Waals surface area contributed by atoms with Crippen molar-refractivity contribution in [1.29, 1.82) is 0 Å². The summed E-state index contributed by atoms with van der Waals surface area (Å²) >= 11 is 1.55. The monoisotopic (exact) mass is 324 g/mol. The first-order chi connectivity index (χ1) is 11.0. The lowest BCUT2D eigenvalue weighted by Gasteiger charge is -2.05. The average Bonchev–Trinajstić information content (AvgIpc) is 3.00. The lowest BCUT2D eigenvalue weighted by Crippen LogP contribution is -2.11. The molecule has 5 heteroatoms. The van der Waals surface area contributed by atoms with Crippen LogP contribution in [0.15, 0.2) is 41.8 Å². The lowest BCUT2D eigenvalue weighted by molar-refractivity contribution is 0.0998. The number of carbonyl (C=O) groups excluding carboxylic acids is 1. The Balaban J connectivity index is 2.04. The van der Waals surface area contributed by atoms with Gasteiger partial charge in [0.1, 0.15) is 10.8 Å². The molecule has 1 heterocycles. The van der Waals surface area contributed by atoms with Gasteiger partial charge in [-0.1, -0.05) is 18.2 Å². The van der Waals surface area contributed by atoms with Crippen LogP contribution in [0, 0.1) is 13.8 Å². The first kappa shape index (κ1) is 15.2. The van der Waals surface area contributed by atoms with E-state index in [0.717, 1.165) is 21.8 Å². The Labute approximate surface area is 138 Å². The number of nitrogens with zero attached hydrogens (tertiary/aromatic N) is 1. The predicted octanol–water partition coefficient (Wildman–Crippen LogP) is 3.90. The average molecular weight is 324 g/mol. The van der Waals surface area contributed by atoms with E-state index in [1.54, 1.807) is 23.5 Å². The number of phenols is 1. The summed E-state index contributed by atoms with van der Waals surface area (Å²) in [6, 6.07) is 10.9. The van der Waals surface area contributed by atoms with Gasteiger partial charge in [-0.2, -0.15) is 0 Å². The molecule has 0 unspecified atom stereocenters. The second-order valence-electron chi connectivity index (χ2n) is 5.38. The fourth-order valence-electron chi connectivity index (χ4n) is 2.41. The number of benzene rings is 2. The number of hydrogen-bond donors (Lipinski definition) is 2. The zero-order valence-electron chi connectivity index (χ0n) is 12.8. The summed E-state index contributed by atoms with van der Waals surface area (Å²) < 4.78 is 0. The molecule has 0 radical (unpaired) electrons. The van der Waals surface area contributed by atoms with Crippen LogP contribution in [-0.4, -0.2) is 16.0 Å². The van der Waals surface area contributed by atoms with Crippen molar-refractivity contribution < 1.29 is 9.90 Å². The maximum Gasteiger partial charge on any atom is 0.252 e. The summed E-state index contributed by atoms with van der Waals surface area (Å²) in [6.07, 6.45) is 0. The van der Waals surface area contributed by atoms with Gasteiger partial charge < -0.3 is 10.8 Å². The molecular formula is C18H16N2O2S. The molecule has 4 nitrogen and oxygen atoms in total. The molecule has 0 fully saturated rings. The van der Waals surface area contributed by atoms with Crippen LogP contribution in [0.2, 0.25) is 0 Å². The van der Waals surface area contributed by atoms with Crippen LogP contribution in [0.3, 0.4) is 0 Å². The van der Waals surface area contributed by atoms with E-state index >= 15 is 0 Å². The number of thiazole rings is 1. The normalized spacial score (nSPS) is 10.7. The van der Waals surface area contributed by atoms with Crippen LogP contribution >= 0.6 is 11.3 Å². The zero-order valence-corrected chi connectivity index (χ0v) is 13.6. The van der Waals surface area contributed by atoms with Gasteiger partial charge in [-0.25, -0.2) is 4.98 Å². The van der Waals surface area contributed by atoms with Gasteiger partial charge in [0.2, 0.25) is 0 Å². The van der Waals surface area contributed by atoms with Crippen LogP contribution in [0.25, 0.3) is 21.8 Å². The number of aromatic hydroxyl groups is 1. The predicted molar refractivity (Wildman–Crippen MR) is 92.6 cm³/mol. The maximum atomic E-state index is 11.4. The van der Waals surface area contributed by atoms with Crippen LogP contribution in [0.5, 0.6) is 5.75 Å². The quantitative estimate of drug-likeness (QED) is 0.767. The number of nitrogens with two attached hydrogens (primary N) is 1. The number of rotatable bonds is 3. The van der Waals surface area contributed by atoms with E-state index in [-0.39, 0.29) is 11.3 Å². The van der Waals surface area contributed by atoms with E-state index in [2.05, 4.69) is 31.0 Å². The molecular weight excluding hydrogens is 308 g/mol. The molecule has 23 heavy (non-hydrogen) atoms. The molecule has 116 valence electrons. The minimum absolute atomic E-state index is 0.101. The number of carbonyl (C=O) groups is 1. The van der Waals surface area contributed by atoms with Crippen molar-refractivity contribution in [2.45, 2.75) is 13.8 Å². The molecule has 0 aliphatic carbocycles. The van der Waals surface area contributed by atoms with Crippen molar-refractivity contribution in [3.8, 4) is 27.6 Å². The summed E-state index contributed by atoms with van der Waals surface area (Å²) in [5.41, 5.74) is 10.4. The molecule has 2 aromatic carbocycles. The molecule has 0 aliphatic rings. The first-order valence-electron chi connectivity index (χ1n) is 7.12. The van der Waals surface area contributed by atoms with Crippen molar-refractivity contribution >= 4 is 17.2 Å². The summed E-state index contributed by atoms with van der Waals surface area (Å²) in [4.78, 5) is 16.0. The van der Waals surface area contributed by atoms with E-state index in [1.165, 1.54) is 17.2 Å². The number of primary amides is 1. The second-order valence-corrected chi connectivity index (χ2v) is 6.24. The zero-order chi connectivity index (χ0) is 16.6. The topological polar surface area (TPSA) is 76.2 Å². The highest BCUT2D eigenvalue weighted by molar-refractivity contribution is 7.13. The molecule has 1 amide bonds. The van der Waals surface area contributed by atoms with Crippen molar-refractivity contribution in [3.05, 3.63) is 58.5 Å². The molecule has 0 bridgehead atoms. The standard InChI is InChI=1S/C18H16N2O2S/c1-10-4-3-5-13(11(10)2)18-20-15(9-23-18)12-6-7-16(21)14(8-12)17(19)22/h3-9,21H,1-2H3,(H2,19,22). The Kier molecular flexibility index (Phi) is 3.88. The number of amides is 1. The van der Waals surface area contributed by atoms with Gasteiger partial charge in [-0.05, 0) is 43.2 Å². The number of aryl methyl sites for hydroxylation is 1. The highest BCUT2D eigenvalue weighted by Crippen LogP contribution is 2.33. The van der Waals surface area contributed by atoms with Gasteiger partial charge in [0.15, 0.2) is 0 Å². The maximum absolute atomic E-state index is 11.4. The van der Waals surface area contributed by atoms with Gasteiger partial charge in [0, 0.05) is 16.5 Å². The summed E-state index contributed by atoms with van der Waals surface area (Å²) in [5, 5.41) is 12.5. The van der Waals surface area contributed by atoms with Gasteiger partial charge in [-0.15, -0.1) is 11.3 Å². The third kappa shape index (κ3) is 2.83. The van der Waals surface area contributed by atoms with Gasteiger partial charge in [0.05, 0.1) is 11.3 Å². The molecule has 3 aromatic rings. The van der Waals surface area contributed by atoms with Crippen LogP contribution in [0.1, 0.15) is 21.5 Å². The Morgan fingerprint density at radius 3 is 2.74 bits per heavy atom. The second kappa shape index (κ2) is 5.85. The van der Waals surface area contributed by atoms with E-state index in [0.29, 0.717) is 0 Å². The molecule has 0 saturated carbocycles. The Hall–Kier alpha value is -2.66. The van der Waals surface area contributed by atoms with Gasteiger partial charge in [0.25, 0.3) is 5.91 Å². The number of hydrogen-bond acceptors (Lipinski definition) is 4. The van der Waals surface area contributed by atoms with Crippen molar-refractivity contribution in [3.63, 3.8) is 0 Å². The number of aromatic nitrogens is 1. The van der Waals surface area contributed by atoms with E-state index in [4.69, 9.17) is 5.73 Å². The van der Waals surface area contributed by atoms with Crippen molar-refractivity contribution in [2.75, 3.05) is 0 Å². The Morgan fingerprint density at radius 2 is 2.00 bits per heavy atom. The minimum atomic E-state index is -0.658. The third-order valence-electron chi connectivity index (χ3n) is 3.90. The molecule has 0 aliphatic heterocycles. The largest absolute Gasteiger partial charge is 0.507 e. The first-order valence-corrected chi connectivity index (χ1v) is 8.00. The Morgan fingerprint density at radius 1 is 1.22 bits per heavy atom. The van der Waals surface area contributed by atoms with Gasteiger partial charge in [-0.3, -0.25) is 4.79 Å². The van der Waals surface area contributed by atoms with E-state index < -0.39 is 5.91 Å². The molecule has 0 spiro atoms. The van der Waals surface area contributed by atoms with Crippen LogP contribution < -0.4 is 5.73 Å². The molecule has 3 rings (SSSR count). The molecule has 0 saturated heterocycles. The van der Waals surface area contributed by atoms with Crippen molar-refractivity contribution in [1.82, 2.24) is 4.98 Å². The van der Waals surface area contributed by atoms with E-state index in [9.17, 15) is 9.90 Å². The molecule has 1 aromatic heterocycles. The third-order valence-corrected chi connectivity index (χ3v) is 4.77. The van der Waals surface area contributed by atoms with Crippen LogP contribution in [0.4, 0.5) is 0 Å². The highest BCUT2D eigenvalue weighted by atomic mass is 32.1.